The number of aryl methyl sites for hydroxylation is 1. The number of hydrogen-bond acceptors (Lipinski definition) is 2. The first-order valence-electron chi connectivity index (χ1n) is 4.83. The van der Waals surface area contributed by atoms with E-state index < -0.39 is 0 Å². The van der Waals surface area contributed by atoms with Gasteiger partial charge in [-0.3, -0.25) is 5.32 Å². The Balaban J connectivity index is 2.69. The Hall–Kier alpha value is -1.33. The summed E-state index contributed by atoms with van der Waals surface area (Å²) in [4.78, 5) is 0. The second kappa shape index (κ2) is 4.78. The van der Waals surface area contributed by atoms with E-state index in [9.17, 15) is 0 Å². The van der Waals surface area contributed by atoms with E-state index in [-0.39, 0.29) is 6.04 Å². The second-order valence-electron chi connectivity index (χ2n) is 3.59. The number of hydrogen-bond donors (Lipinski definition) is 1. The Kier molecular flexibility index (Phi) is 3.67. The van der Waals surface area contributed by atoms with Crippen molar-refractivity contribution in [1.29, 1.82) is 5.26 Å². The lowest BCUT2D eigenvalue weighted by Gasteiger charge is -2.10. The van der Waals surface area contributed by atoms with E-state index in [2.05, 4.69) is 43.4 Å². The van der Waals surface area contributed by atoms with Gasteiger partial charge < -0.3 is 0 Å². The standard InChI is InChI=1S/C12H16N2/c1-9-5-4-6-12(11(9)3)8-14-10(2)7-13/h4-6,10,14H,8H2,1-3H3. The van der Waals surface area contributed by atoms with Gasteiger partial charge in [-0.05, 0) is 37.5 Å². The molecule has 0 radical (unpaired) electrons. The molecule has 0 bridgehead atoms. The van der Waals surface area contributed by atoms with Crippen molar-refractivity contribution >= 4 is 0 Å². The van der Waals surface area contributed by atoms with Crippen LogP contribution in [0.3, 0.4) is 0 Å². The highest BCUT2D eigenvalue weighted by atomic mass is 14.9. The van der Waals surface area contributed by atoms with Crippen molar-refractivity contribution in [2.45, 2.75) is 33.4 Å². The van der Waals surface area contributed by atoms with Gasteiger partial charge in [0.25, 0.3) is 0 Å². The van der Waals surface area contributed by atoms with Gasteiger partial charge in [0.2, 0.25) is 0 Å². The van der Waals surface area contributed by atoms with Crippen LogP contribution in [0.15, 0.2) is 18.2 Å². The Labute approximate surface area is 85.6 Å². The molecule has 0 spiro atoms. The van der Waals surface area contributed by atoms with Crippen LogP contribution in [0.1, 0.15) is 23.6 Å². The minimum atomic E-state index is -0.0880. The van der Waals surface area contributed by atoms with Crippen molar-refractivity contribution in [3.63, 3.8) is 0 Å². The van der Waals surface area contributed by atoms with E-state index in [1.165, 1.54) is 16.7 Å². The monoisotopic (exact) mass is 188 g/mol. The second-order valence-corrected chi connectivity index (χ2v) is 3.59. The predicted molar refractivity (Wildman–Crippen MR) is 57.8 cm³/mol. The predicted octanol–water partition coefficient (Wildman–Crippen LogP) is 2.31. The minimum Gasteiger partial charge on any atom is -0.298 e. The molecule has 1 rings (SSSR count). The molecule has 0 aliphatic heterocycles. The molecule has 1 N–H and O–H groups in total. The molecule has 1 atom stereocenters. The van der Waals surface area contributed by atoms with Gasteiger partial charge in [0.1, 0.15) is 0 Å². The summed E-state index contributed by atoms with van der Waals surface area (Å²) in [5.41, 5.74) is 3.88. The normalized spacial score (nSPS) is 12.1. The molecular weight excluding hydrogens is 172 g/mol. The van der Waals surface area contributed by atoms with E-state index in [1.54, 1.807) is 0 Å². The van der Waals surface area contributed by atoms with Crippen molar-refractivity contribution in [1.82, 2.24) is 5.32 Å². The number of rotatable bonds is 3. The van der Waals surface area contributed by atoms with E-state index in [0.29, 0.717) is 0 Å². The molecule has 0 fully saturated rings. The molecule has 2 nitrogen and oxygen atoms in total. The van der Waals surface area contributed by atoms with Crippen LogP contribution in [0, 0.1) is 25.2 Å². The fourth-order valence-corrected chi connectivity index (χ4v) is 1.31. The Bertz CT molecular complexity index is 350. The van der Waals surface area contributed by atoms with E-state index in [4.69, 9.17) is 5.26 Å². The lowest BCUT2D eigenvalue weighted by atomic mass is 10.0. The van der Waals surface area contributed by atoms with Crippen LogP contribution in [-0.4, -0.2) is 6.04 Å². The van der Waals surface area contributed by atoms with Gasteiger partial charge >= 0.3 is 0 Å². The maximum Gasteiger partial charge on any atom is 0.0927 e. The van der Waals surface area contributed by atoms with Crippen molar-refractivity contribution < 1.29 is 0 Å². The Morgan fingerprint density at radius 3 is 2.79 bits per heavy atom. The average molecular weight is 188 g/mol. The number of nitrogens with one attached hydrogen (secondary N) is 1. The largest absolute Gasteiger partial charge is 0.298 e. The third kappa shape index (κ3) is 2.58. The zero-order valence-electron chi connectivity index (χ0n) is 8.96. The fraction of sp³-hybridized carbons (Fsp3) is 0.417. The van der Waals surface area contributed by atoms with Crippen LogP contribution in [0.2, 0.25) is 0 Å². The van der Waals surface area contributed by atoms with Crippen molar-refractivity contribution in [2.24, 2.45) is 0 Å². The first-order valence-corrected chi connectivity index (χ1v) is 4.83. The van der Waals surface area contributed by atoms with Gasteiger partial charge in [-0.15, -0.1) is 0 Å². The van der Waals surface area contributed by atoms with Crippen molar-refractivity contribution in [3.05, 3.63) is 34.9 Å². The summed E-state index contributed by atoms with van der Waals surface area (Å²) >= 11 is 0. The summed E-state index contributed by atoms with van der Waals surface area (Å²) in [5.74, 6) is 0. The van der Waals surface area contributed by atoms with Gasteiger partial charge in [0.05, 0.1) is 12.1 Å². The molecule has 0 aliphatic rings. The number of nitrogens with zero attached hydrogens (tertiary/aromatic N) is 1. The summed E-state index contributed by atoms with van der Waals surface area (Å²) in [6, 6.07) is 8.32. The smallest absolute Gasteiger partial charge is 0.0927 e. The average Bonchev–Trinajstić information content (AvgIpc) is 2.20. The Morgan fingerprint density at radius 1 is 1.43 bits per heavy atom. The molecule has 1 aromatic rings. The summed E-state index contributed by atoms with van der Waals surface area (Å²) in [7, 11) is 0. The summed E-state index contributed by atoms with van der Waals surface area (Å²) in [6.07, 6.45) is 0. The van der Waals surface area contributed by atoms with Gasteiger partial charge in [0.15, 0.2) is 0 Å². The molecular formula is C12H16N2. The van der Waals surface area contributed by atoms with Crippen LogP contribution in [0.4, 0.5) is 0 Å². The quantitative estimate of drug-likeness (QED) is 0.790. The lowest BCUT2D eigenvalue weighted by molar-refractivity contribution is 0.640. The molecule has 14 heavy (non-hydrogen) atoms. The molecule has 1 aromatic carbocycles. The van der Waals surface area contributed by atoms with Crippen LogP contribution in [0.25, 0.3) is 0 Å². The maximum absolute atomic E-state index is 8.62. The highest BCUT2D eigenvalue weighted by molar-refractivity contribution is 5.33. The van der Waals surface area contributed by atoms with E-state index in [1.807, 2.05) is 6.92 Å². The SMILES string of the molecule is Cc1cccc(CNC(C)C#N)c1C. The minimum absolute atomic E-state index is 0.0880. The van der Waals surface area contributed by atoms with Crippen LogP contribution < -0.4 is 5.32 Å². The van der Waals surface area contributed by atoms with Crippen LogP contribution in [0.5, 0.6) is 0 Å². The molecule has 2 heteroatoms. The molecule has 0 saturated heterocycles. The fourth-order valence-electron chi connectivity index (χ4n) is 1.31. The van der Waals surface area contributed by atoms with E-state index >= 15 is 0 Å². The molecule has 0 amide bonds. The summed E-state index contributed by atoms with van der Waals surface area (Å²) < 4.78 is 0. The first kappa shape index (κ1) is 10.7. The van der Waals surface area contributed by atoms with Gasteiger partial charge in [-0.1, -0.05) is 18.2 Å². The third-order valence-electron chi connectivity index (χ3n) is 2.51. The van der Waals surface area contributed by atoms with Gasteiger partial charge in [0, 0.05) is 6.54 Å². The molecule has 1 unspecified atom stereocenters. The molecule has 0 saturated carbocycles. The van der Waals surface area contributed by atoms with Crippen LogP contribution >= 0.6 is 0 Å². The topological polar surface area (TPSA) is 35.8 Å². The number of nitriles is 1. The molecule has 74 valence electrons. The Morgan fingerprint density at radius 2 is 2.14 bits per heavy atom. The van der Waals surface area contributed by atoms with Crippen LogP contribution in [-0.2, 0) is 6.54 Å². The summed E-state index contributed by atoms with van der Waals surface area (Å²) in [5, 5.41) is 11.8. The van der Waals surface area contributed by atoms with E-state index in [0.717, 1.165) is 6.54 Å². The first-order chi connectivity index (χ1) is 6.65. The van der Waals surface area contributed by atoms with Gasteiger partial charge in [-0.2, -0.15) is 5.26 Å². The molecule has 0 heterocycles. The lowest BCUT2D eigenvalue weighted by Crippen LogP contribution is -2.23. The third-order valence-corrected chi connectivity index (χ3v) is 2.51. The van der Waals surface area contributed by atoms with Crippen molar-refractivity contribution in [2.75, 3.05) is 0 Å². The highest BCUT2D eigenvalue weighted by Crippen LogP contribution is 2.12. The van der Waals surface area contributed by atoms with Crippen molar-refractivity contribution in [3.8, 4) is 6.07 Å². The summed E-state index contributed by atoms with van der Waals surface area (Å²) in [6.45, 7) is 6.85. The zero-order chi connectivity index (χ0) is 10.6. The zero-order valence-corrected chi connectivity index (χ0v) is 8.96. The maximum atomic E-state index is 8.62. The number of benzene rings is 1. The highest BCUT2D eigenvalue weighted by Gasteiger charge is 2.02. The van der Waals surface area contributed by atoms with Gasteiger partial charge in [-0.25, -0.2) is 0 Å². The molecule has 0 aliphatic carbocycles. The molecule has 0 aromatic heterocycles.